The standard InChI is InChI=1S/C21H29N3O3/c1-15-8-10-24(11-9-15)19(18-6-4-5-7-20(18)26-3)14-22-21(25)13-17-12-16(2)27-23-17/h4-7,12,15,19H,8-11,13-14H2,1-3H3,(H,22,25). The van der Waals surface area contributed by atoms with E-state index in [1.165, 1.54) is 12.8 Å². The van der Waals surface area contributed by atoms with Crippen molar-refractivity contribution in [3.8, 4) is 5.75 Å². The third-order valence-electron chi connectivity index (χ3n) is 5.27. The average molecular weight is 371 g/mol. The summed E-state index contributed by atoms with van der Waals surface area (Å²) in [6.07, 6.45) is 2.59. The van der Waals surface area contributed by atoms with Gasteiger partial charge >= 0.3 is 0 Å². The number of rotatable bonds is 7. The van der Waals surface area contributed by atoms with Crippen LogP contribution in [0, 0.1) is 12.8 Å². The van der Waals surface area contributed by atoms with Gasteiger partial charge in [0.25, 0.3) is 0 Å². The predicted molar refractivity (Wildman–Crippen MR) is 104 cm³/mol. The van der Waals surface area contributed by atoms with Crippen molar-refractivity contribution >= 4 is 5.91 Å². The average Bonchev–Trinajstić information content (AvgIpc) is 3.08. The lowest BCUT2D eigenvalue weighted by atomic mass is 9.95. The van der Waals surface area contributed by atoms with Gasteiger partial charge in [-0.1, -0.05) is 30.3 Å². The molecule has 0 radical (unpaired) electrons. The van der Waals surface area contributed by atoms with Gasteiger partial charge in [0, 0.05) is 18.2 Å². The van der Waals surface area contributed by atoms with Gasteiger partial charge < -0.3 is 14.6 Å². The van der Waals surface area contributed by atoms with E-state index in [2.05, 4.69) is 28.4 Å². The maximum atomic E-state index is 12.4. The van der Waals surface area contributed by atoms with Crippen molar-refractivity contribution in [3.05, 3.63) is 47.3 Å². The van der Waals surface area contributed by atoms with Gasteiger partial charge in [0.15, 0.2) is 0 Å². The summed E-state index contributed by atoms with van der Waals surface area (Å²) >= 11 is 0. The number of piperidine rings is 1. The number of ether oxygens (including phenoxy) is 1. The zero-order valence-electron chi connectivity index (χ0n) is 16.4. The minimum absolute atomic E-state index is 0.0476. The summed E-state index contributed by atoms with van der Waals surface area (Å²) in [5.41, 5.74) is 1.78. The maximum Gasteiger partial charge on any atom is 0.226 e. The van der Waals surface area contributed by atoms with Crippen molar-refractivity contribution in [2.24, 2.45) is 5.92 Å². The predicted octanol–water partition coefficient (Wildman–Crippen LogP) is 3.12. The highest BCUT2D eigenvalue weighted by molar-refractivity contribution is 5.78. The molecule has 0 aliphatic carbocycles. The van der Waals surface area contributed by atoms with Crippen molar-refractivity contribution in [1.82, 2.24) is 15.4 Å². The Morgan fingerprint density at radius 2 is 2.11 bits per heavy atom. The van der Waals surface area contributed by atoms with Gasteiger partial charge in [0.1, 0.15) is 11.5 Å². The van der Waals surface area contributed by atoms with Gasteiger partial charge in [-0.2, -0.15) is 0 Å². The summed E-state index contributed by atoms with van der Waals surface area (Å²) in [5, 5.41) is 6.98. The molecule has 0 saturated carbocycles. The van der Waals surface area contributed by atoms with Crippen LogP contribution < -0.4 is 10.1 Å². The number of nitrogens with one attached hydrogen (secondary N) is 1. The Bertz CT molecular complexity index is 751. The molecule has 1 atom stereocenters. The SMILES string of the molecule is COc1ccccc1C(CNC(=O)Cc1cc(C)on1)N1CCC(C)CC1. The number of benzene rings is 1. The van der Waals surface area contributed by atoms with E-state index in [1.807, 2.05) is 25.1 Å². The summed E-state index contributed by atoms with van der Waals surface area (Å²) in [5.74, 6) is 2.28. The summed E-state index contributed by atoms with van der Waals surface area (Å²) in [4.78, 5) is 14.9. The highest BCUT2D eigenvalue weighted by Crippen LogP contribution is 2.31. The molecular formula is C21H29N3O3. The van der Waals surface area contributed by atoms with Crippen LogP contribution in [0.2, 0.25) is 0 Å². The minimum Gasteiger partial charge on any atom is -0.496 e. The number of aromatic nitrogens is 1. The van der Waals surface area contributed by atoms with E-state index in [9.17, 15) is 4.79 Å². The van der Waals surface area contributed by atoms with Crippen LogP contribution in [-0.4, -0.2) is 42.7 Å². The van der Waals surface area contributed by atoms with Crippen LogP contribution in [-0.2, 0) is 11.2 Å². The molecule has 0 bridgehead atoms. The van der Waals surface area contributed by atoms with Gasteiger partial charge in [-0.25, -0.2) is 0 Å². The number of hydrogen-bond donors (Lipinski definition) is 1. The molecule has 1 fully saturated rings. The quantitative estimate of drug-likeness (QED) is 0.810. The largest absolute Gasteiger partial charge is 0.496 e. The van der Waals surface area contributed by atoms with Crippen LogP contribution in [0.5, 0.6) is 5.75 Å². The molecule has 1 aliphatic heterocycles. The van der Waals surface area contributed by atoms with Gasteiger partial charge in [0.05, 0.1) is 25.3 Å². The Balaban J connectivity index is 1.70. The molecule has 3 rings (SSSR count). The third-order valence-corrected chi connectivity index (χ3v) is 5.27. The molecule has 1 aromatic heterocycles. The van der Waals surface area contributed by atoms with Crippen molar-refractivity contribution in [3.63, 3.8) is 0 Å². The second-order valence-corrected chi connectivity index (χ2v) is 7.39. The highest BCUT2D eigenvalue weighted by atomic mass is 16.5. The number of amides is 1. The molecule has 1 unspecified atom stereocenters. The number of carbonyl (C=O) groups is 1. The van der Waals surface area contributed by atoms with Gasteiger partial charge in [0.2, 0.25) is 5.91 Å². The first-order chi connectivity index (χ1) is 13.1. The molecule has 1 aliphatic rings. The van der Waals surface area contributed by atoms with Crippen LogP contribution >= 0.6 is 0 Å². The second kappa shape index (κ2) is 9.04. The van der Waals surface area contributed by atoms with Crippen molar-refractivity contribution < 1.29 is 14.1 Å². The Labute approximate surface area is 160 Å². The second-order valence-electron chi connectivity index (χ2n) is 7.39. The van der Waals surface area contributed by atoms with E-state index in [4.69, 9.17) is 9.26 Å². The monoisotopic (exact) mass is 371 g/mol. The lowest BCUT2D eigenvalue weighted by molar-refractivity contribution is -0.120. The first-order valence-corrected chi connectivity index (χ1v) is 9.62. The summed E-state index contributed by atoms with van der Waals surface area (Å²) in [6.45, 7) is 6.73. The summed E-state index contributed by atoms with van der Waals surface area (Å²) in [6, 6.07) is 9.96. The smallest absolute Gasteiger partial charge is 0.226 e. The zero-order chi connectivity index (χ0) is 19.2. The van der Waals surface area contributed by atoms with Gasteiger partial charge in [-0.3, -0.25) is 9.69 Å². The zero-order valence-corrected chi connectivity index (χ0v) is 16.4. The molecule has 1 amide bonds. The van der Waals surface area contributed by atoms with Crippen LogP contribution in [0.15, 0.2) is 34.9 Å². The lowest BCUT2D eigenvalue weighted by Gasteiger charge is -2.37. The third kappa shape index (κ3) is 5.10. The molecular weight excluding hydrogens is 342 g/mol. The van der Waals surface area contributed by atoms with Crippen molar-refractivity contribution in [2.45, 2.75) is 39.2 Å². The number of hydrogen-bond acceptors (Lipinski definition) is 5. The first kappa shape index (κ1) is 19.4. The van der Waals surface area contributed by atoms with Crippen LogP contribution in [0.3, 0.4) is 0 Å². The lowest BCUT2D eigenvalue weighted by Crippen LogP contribution is -2.42. The van der Waals surface area contributed by atoms with E-state index < -0.39 is 0 Å². The van der Waals surface area contributed by atoms with Crippen molar-refractivity contribution in [2.75, 3.05) is 26.7 Å². The Kier molecular flexibility index (Phi) is 6.50. The van der Waals surface area contributed by atoms with Crippen LogP contribution in [0.4, 0.5) is 0 Å². The summed E-state index contributed by atoms with van der Waals surface area (Å²) in [7, 11) is 1.69. The molecule has 6 heteroatoms. The molecule has 1 aromatic carbocycles. The Hall–Kier alpha value is -2.34. The molecule has 1 N–H and O–H groups in total. The maximum absolute atomic E-state index is 12.4. The fourth-order valence-corrected chi connectivity index (χ4v) is 3.66. The summed E-state index contributed by atoms with van der Waals surface area (Å²) < 4.78 is 10.6. The van der Waals surface area contributed by atoms with Gasteiger partial charge in [-0.05, 0) is 44.8 Å². The molecule has 146 valence electrons. The fourth-order valence-electron chi connectivity index (χ4n) is 3.66. The molecule has 6 nitrogen and oxygen atoms in total. The number of carbonyl (C=O) groups excluding carboxylic acids is 1. The number of para-hydroxylation sites is 1. The topological polar surface area (TPSA) is 67.6 Å². The molecule has 27 heavy (non-hydrogen) atoms. The molecule has 2 aromatic rings. The highest BCUT2D eigenvalue weighted by Gasteiger charge is 2.27. The number of likely N-dealkylation sites (tertiary alicyclic amines) is 1. The van der Waals surface area contributed by atoms with Gasteiger partial charge in [-0.15, -0.1) is 0 Å². The normalized spacial score (nSPS) is 16.9. The van der Waals surface area contributed by atoms with E-state index >= 15 is 0 Å². The van der Waals surface area contributed by atoms with E-state index in [1.54, 1.807) is 13.2 Å². The molecule has 1 saturated heterocycles. The van der Waals surface area contributed by atoms with E-state index in [0.29, 0.717) is 18.0 Å². The Morgan fingerprint density at radius 1 is 1.37 bits per heavy atom. The number of aryl methyl sites for hydroxylation is 1. The first-order valence-electron chi connectivity index (χ1n) is 9.62. The minimum atomic E-state index is -0.0476. The number of methoxy groups -OCH3 is 1. The Morgan fingerprint density at radius 3 is 2.78 bits per heavy atom. The molecule has 0 spiro atoms. The van der Waals surface area contributed by atoms with Crippen LogP contribution in [0.25, 0.3) is 0 Å². The fraction of sp³-hybridized carbons (Fsp3) is 0.524. The number of nitrogens with zero attached hydrogens (tertiary/aromatic N) is 2. The van der Waals surface area contributed by atoms with E-state index in [0.717, 1.165) is 30.3 Å². The van der Waals surface area contributed by atoms with E-state index in [-0.39, 0.29) is 18.4 Å². The van der Waals surface area contributed by atoms with Crippen LogP contribution in [0.1, 0.15) is 42.8 Å². The van der Waals surface area contributed by atoms with Crippen molar-refractivity contribution in [1.29, 1.82) is 0 Å². The molecule has 2 heterocycles.